The van der Waals surface area contributed by atoms with Gasteiger partial charge in [0.05, 0.1) is 4.62 Å². The lowest BCUT2D eigenvalue weighted by Gasteiger charge is -2.28. The van der Waals surface area contributed by atoms with Crippen molar-refractivity contribution < 1.29 is 0 Å². The van der Waals surface area contributed by atoms with Gasteiger partial charge < -0.3 is 0 Å². The molecule has 0 aromatic heterocycles. The first-order valence-electron chi connectivity index (χ1n) is 10.3. The number of hydrogen-bond acceptors (Lipinski definition) is 0. The standard InChI is InChI=1S/C20H43ClP2/c1-4-6-7-8-9-10-11-12-13-14-15-16-17-18-19-23(22)20(3,21)5-2/h4-19,22H2,1-3H3. The smallest absolute Gasteiger partial charge is 0.0645 e. The largest absolute Gasteiger partial charge is 0.114 e. The Morgan fingerprint density at radius 2 is 1.04 bits per heavy atom. The summed E-state index contributed by atoms with van der Waals surface area (Å²) in [5.74, 6) is 0. The highest BCUT2D eigenvalue weighted by Crippen LogP contribution is 2.60. The third-order valence-corrected chi connectivity index (χ3v) is 11.2. The van der Waals surface area contributed by atoms with Crippen LogP contribution in [0.5, 0.6) is 0 Å². The molecule has 0 aromatic carbocycles. The van der Waals surface area contributed by atoms with Crippen LogP contribution in [0.3, 0.4) is 0 Å². The van der Waals surface area contributed by atoms with Crippen LogP contribution < -0.4 is 0 Å². The third-order valence-electron chi connectivity index (χ3n) is 5.00. The summed E-state index contributed by atoms with van der Waals surface area (Å²) >= 11 is 6.54. The SMILES string of the molecule is CCCCCCCCCCCCCCCCP(P)C(C)(Cl)CC. The molecule has 0 saturated heterocycles. The Morgan fingerprint density at radius 1 is 0.696 bits per heavy atom. The fourth-order valence-corrected chi connectivity index (χ4v) is 5.70. The molecule has 0 saturated carbocycles. The number of unbranched alkanes of at least 4 members (excludes halogenated alkanes) is 13. The summed E-state index contributed by atoms with van der Waals surface area (Å²) in [6.07, 6.45) is 22.5. The summed E-state index contributed by atoms with van der Waals surface area (Å²) in [4.78, 5) is 0. The van der Waals surface area contributed by atoms with Crippen molar-refractivity contribution in [3.63, 3.8) is 0 Å². The summed E-state index contributed by atoms with van der Waals surface area (Å²) in [6.45, 7) is 6.70. The van der Waals surface area contributed by atoms with Crippen molar-refractivity contribution in [2.75, 3.05) is 6.16 Å². The van der Waals surface area contributed by atoms with Crippen molar-refractivity contribution in [1.82, 2.24) is 0 Å². The molecular formula is C20H43ClP2. The molecule has 3 atom stereocenters. The average Bonchev–Trinajstić information content (AvgIpc) is 2.54. The van der Waals surface area contributed by atoms with Crippen molar-refractivity contribution in [2.45, 2.75) is 122 Å². The molecule has 0 aliphatic heterocycles. The zero-order valence-electron chi connectivity index (χ0n) is 16.2. The van der Waals surface area contributed by atoms with E-state index in [2.05, 4.69) is 29.7 Å². The zero-order valence-corrected chi connectivity index (χ0v) is 19.0. The van der Waals surface area contributed by atoms with Crippen LogP contribution in [0.4, 0.5) is 0 Å². The molecule has 0 aliphatic rings. The van der Waals surface area contributed by atoms with Gasteiger partial charge >= 0.3 is 0 Å². The Bertz CT molecular complexity index is 244. The van der Waals surface area contributed by atoms with Gasteiger partial charge in [-0.25, -0.2) is 0 Å². The van der Waals surface area contributed by atoms with E-state index in [1.807, 2.05) is 0 Å². The van der Waals surface area contributed by atoms with Crippen molar-refractivity contribution in [3.05, 3.63) is 0 Å². The van der Waals surface area contributed by atoms with E-state index in [9.17, 15) is 0 Å². The highest BCUT2D eigenvalue weighted by Gasteiger charge is 2.25. The van der Waals surface area contributed by atoms with Crippen molar-refractivity contribution >= 4 is 28.1 Å². The van der Waals surface area contributed by atoms with Gasteiger partial charge in [0, 0.05) is 0 Å². The number of alkyl halides is 1. The summed E-state index contributed by atoms with van der Waals surface area (Å²) in [6, 6.07) is 0. The minimum Gasteiger partial charge on any atom is -0.114 e. The van der Waals surface area contributed by atoms with Crippen LogP contribution in [-0.2, 0) is 0 Å². The average molecular weight is 381 g/mol. The Labute approximate surface area is 156 Å². The second-order valence-corrected chi connectivity index (χ2v) is 12.6. The predicted octanol–water partition coefficient (Wildman–Crippen LogP) is 9.10. The summed E-state index contributed by atoms with van der Waals surface area (Å²) in [5.41, 5.74) is 0. The topological polar surface area (TPSA) is 0 Å². The van der Waals surface area contributed by atoms with Gasteiger partial charge in [-0.3, -0.25) is 0 Å². The van der Waals surface area contributed by atoms with Crippen molar-refractivity contribution in [2.24, 2.45) is 0 Å². The Kier molecular flexibility index (Phi) is 17.4. The monoisotopic (exact) mass is 380 g/mol. The van der Waals surface area contributed by atoms with E-state index in [0.29, 0.717) is 0 Å². The van der Waals surface area contributed by atoms with Gasteiger partial charge in [-0.2, -0.15) is 0 Å². The molecule has 140 valence electrons. The molecule has 0 fully saturated rings. The van der Waals surface area contributed by atoms with Crippen LogP contribution in [-0.4, -0.2) is 10.8 Å². The number of halogens is 1. The summed E-state index contributed by atoms with van der Waals surface area (Å²) < 4.78 is 0.0382. The van der Waals surface area contributed by atoms with E-state index in [-0.39, 0.29) is 12.2 Å². The van der Waals surface area contributed by atoms with E-state index < -0.39 is 0 Å². The molecule has 0 aromatic rings. The lowest BCUT2D eigenvalue weighted by molar-refractivity contribution is 0.538. The predicted molar refractivity (Wildman–Crippen MR) is 116 cm³/mol. The van der Waals surface area contributed by atoms with E-state index in [4.69, 9.17) is 11.6 Å². The quantitative estimate of drug-likeness (QED) is 0.134. The Morgan fingerprint density at radius 3 is 1.39 bits per heavy atom. The number of hydrogen-bond donors (Lipinski definition) is 0. The molecule has 0 nitrogen and oxygen atoms in total. The van der Waals surface area contributed by atoms with Gasteiger partial charge in [-0.1, -0.05) is 105 Å². The Hall–Kier alpha value is 1.15. The maximum absolute atomic E-state index is 6.54. The highest BCUT2D eigenvalue weighted by molar-refractivity contribution is 8.15. The van der Waals surface area contributed by atoms with E-state index in [1.54, 1.807) is 0 Å². The van der Waals surface area contributed by atoms with Gasteiger partial charge in [0.1, 0.15) is 0 Å². The maximum atomic E-state index is 6.54. The molecule has 0 radical (unpaired) electrons. The second kappa shape index (κ2) is 16.6. The highest BCUT2D eigenvalue weighted by atomic mass is 35.5. The van der Waals surface area contributed by atoms with Crippen LogP contribution in [0.1, 0.15) is 117 Å². The van der Waals surface area contributed by atoms with Crippen LogP contribution in [0.2, 0.25) is 0 Å². The lowest BCUT2D eigenvalue weighted by atomic mass is 10.0. The molecule has 23 heavy (non-hydrogen) atoms. The van der Waals surface area contributed by atoms with Gasteiger partial charge in [-0.05, 0) is 25.9 Å². The van der Waals surface area contributed by atoms with E-state index in [0.717, 1.165) is 6.42 Å². The molecule has 0 bridgehead atoms. The minimum absolute atomic E-state index is 0.0382. The van der Waals surface area contributed by atoms with Crippen molar-refractivity contribution in [1.29, 1.82) is 0 Å². The summed E-state index contributed by atoms with van der Waals surface area (Å²) in [7, 11) is 2.94. The fraction of sp³-hybridized carbons (Fsp3) is 1.00. The fourth-order valence-electron chi connectivity index (χ4n) is 2.91. The lowest BCUT2D eigenvalue weighted by Crippen LogP contribution is -2.10. The first-order valence-corrected chi connectivity index (χ1v) is 13.8. The van der Waals surface area contributed by atoms with Crippen LogP contribution in [0.15, 0.2) is 0 Å². The third kappa shape index (κ3) is 15.1. The van der Waals surface area contributed by atoms with Crippen LogP contribution in [0.25, 0.3) is 0 Å². The molecule has 3 unspecified atom stereocenters. The van der Waals surface area contributed by atoms with Gasteiger partial charge in [-0.15, -0.1) is 20.5 Å². The van der Waals surface area contributed by atoms with Crippen LogP contribution in [0, 0.1) is 0 Å². The summed E-state index contributed by atoms with van der Waals surface area (Å²) in [5, 5.41) is 0. The molecule has 0 amide bonds. The van der Waals surface area contributed by atoms with Gasteiger partial charge in [0.25, 0.3) is 0 Å². The maximum Gasteiger partial charge on any atom is 0.0645 e. The zero-order chi connectivity index (χ0) is 17.4. The van der Waals surface area contributed by atoms with Crippen LogP contribution >= 0.6 is 28.1 Å². The van der Waals surface area contributed by atoms with Crippen molar-refractivity contribution in [3.8, 4) is 0 Å². The molecule has 0 rings (SSSR count). The molecule has 0 N–H and O–H groups in total. The first kappa shape index (κ1) is 24.1. The number of rotatable bonds is 17. The molecule has 0 heterocycles. The van der Waals surface area contributed by atoms with E-state index in [1.165, 1.54) is 96.1 Å². The second-order valence-electron chi connectivity index (χ2n) is 7.29. The molecule has 3 heteroatoms. The van der Waals surface area contributed by atoms with E-state index >= 15 is 0 Å². The normalized spacial score (nSPS) is 15.5. The van der Waals surface area contributed by atoms with Gasteiger partial charge in [0.2, 0.25) is 0 Å². The Balaban J connectivity index is 3.19. The first-order chi connectivity index (χ1) is 11.0. The molecule has 0 aliphatic carbocycles. The molecular weight excluding hydrogens is 338 g/mol. The van der Waals surface area contributed by atoms with Gasteiger partial charge in [0.15, 0.2) is 0 Å². The molecule has 0 spiro atoms. The minimum atomic E-state index is -0.0823.